The number of nitrogens with one attached hydrogen (secondary N) is 2. The Morgan fingerprint density at radius 1 is 1.37 bits per heavy atom. The van der Waals surface area contributed by atoms with Gasteiger partial charge in [0, 0.05) is 25.0 Å². The monoisotopic (exact) mass is 260 g/mol. The van der Waals surface area contributed by atoms with Gasteiger partial charge in [-0.15, -0.1) is 0 Å². The number of amides is 1. The van der Waals surface area contributed by atoms with Crippen molar-refractivity contribution in [3.8, 4) is 0 Å². The Morgan fingerprint density at radius 3 is 2.68 bits per heavy atom. The van der Waals surface area contributed by atoms with Gasteiger partial charge in [-0.1, -0.05) is 37.6 Å². The number of carbonyl (C=O) groups is 1. The van der Waals surface area contributed by atoms with Crippen molar-refractivity contribution >= 4 is 5.91 Å². The summed E-state index contributed by atoms with van der Waals surface area (Å²) in [4.78, 5) is 11.2. The maximum Gasteiger partial charge on any atom is 0.221 e. The van der Waals surface area contributed by atoms with Gasteiger partial charge in [-0.05, 0) is 30.9 Å². The van der Waals surface area contributed by atoms with Crippen molar-refractivity contribution < 1.29 is 4.79 Å². The van der Waals surface area contributed by atoms with E-state index in [1.54, 1.807) is 0 Å². The van der Waals surface area contributed by atoms with Crippen LogP contribution < -0.4 is 10.6 Å². The van der Waals surface area contributed by atoms with Crippen LogP contribution in [-0.4, -0.2) is 18.5 Å². The molecule has 1 aliphatic rings. The fourth-order valence-corrected chi connectivity index (χ4v) is 2.53. The first kappa shape index (κ1) is 14.1. The zero-order valence-corrected chi connectivity index (χ0v) is 11.9. The Hall–Kier alpha value is -1.35. The molecule has 2 N–H and O–H groups in total. The van der Waals surface area contributed by atoms with Crippen LogP contribution in [0.15, 0.2) is 24.3 Å². The molecular formula is C16H24N2O. The lowest BCUT2D eigenvalue weighted by Gasteiger charge is -2.18. The highest BCUT2D eigenvalue weighted by Crippen LogP contribution is 2.16. The molecule has 2 atom stereocenters. The van der Waals surface area contributed by atoms with Crippen LogP contribution in [0.25, 0.3) is 0 Å². The fraction of sp³-hybridized carbons (Fsp3) is 0.562. The quantitative estimate of drug-likeness (QED) is 0.825. The van der Waals surface area contributed by atoms with Gasteiger partial charge in [0.2, 0.25) is 5.91 Å². The first-order valence-electron chi connectivity index (χ1n) is 7.30. The maximum atomic E-state index is 11.2. The molecule has 1 heterocycles. The van der Waals surface area contributed by atoms with Crippen molar-refractivity contribution in [2.45, 2.75) is 51.6 Å². The zero-order chi connectivity index (χ0) is 13.7. The van der Waals surface area contributed by atoms with E-state index in [0.717, 1.165) is 6.54 Å². The molecule has 2 unspecified atom stereocenters. The minimum Gasteiger partial charge on any atom is -0.354 e. The van der Waals surface area contributed by atoms with E-state index >= 15 is 0 Å². The van der Waals surface area contributed by atoms with Crippen molar-refractivity contribution in [3.63, 3.8) is 0 Å². The van der Waals surface area contributed by atoms with E-state index in [1.807, 2.05) is 0 Å². The maximum absolute atomic E-state index is 11.2. The molecular weight excluding hydrogens is 236 g/mol. The number of unbranched alkanes of at least 4 members (excludes halogenated alkanes) is 1. The Bertz CT molecular complexity index is 413. The molecule has 0 aliphatic carbocycles. The molecule has 1 aromatic carbocycles. The average Bonchev–Trinajstić information content (AvgIpc) is 2.82. The molecule has 0 spiro atoms. The summed E-state index contributed by atoms with van der Waals surface area (Å²) in [6.45, 7) is 5.12. The molecule has 104 valence electrons. The zero-order valence-electron chi connectivity index (χ0n) is 11.9. The molecule has 0 aromatic heterocycles. The van der Waals surface area contributed by atoms with Gasteiger partial charge in [0.15, 0.2) is 0 Å². The van der Waals surface area contributed by atoms with Crippen LogP contribution in [0.1, 0.15) is 50.3 Å². The smallest absolute Gasteiger partial charge is 0.221 e. The predicted molar refractivity (Wildman–Crippen MR) is 78.0 cm³/mol. The number of rotatable bonds is 6. The third-order valence-corrected chi connectivity index (χ3v) is 3.76. The van der Waals surface area contributed by atoms with E-state index < -0.39 is 0 Å². The molecule has 3 nitrogen and oxygen atoms in total. The van der Waals surface area contributed by atoms with Crippen molar-refractivity contribution in [1.82, 2.24) is 10.6 Å². The topological polar surface area (TPSA) is 41.1 Å². The van der Waals surface area contributed by atoms with Crippen LogP contribution in [0.4, 0.5) is 0 Å². The van der Waals surface area contributed by atoms with Gasteiger partial charge in [-0.2, -0.15) is 0 Å². The fourth-order valence-electron chi connectivity index (χ4n) is 2.53. The SMILES string of the molecule is CCCCc1ccc(C(C)NC2CNC(=O)C2)cc1. The van der Waals surface area contributed by atoms with E-state index in [2.05, 4.69) is 48.7 Å². The molecule has 1 amide bonds. The van der Waals surface area contributed by atoms with Gasteiger partial charge >= 0.3 is 0 Å². The molecule has 1 fully saturated rings. The molecule has 1 aromatic rings. The summed E-state index contributed by atoms with van der Waals surface area (Å²) >= 11 is 0. The highest BCUT2D eigenvalue weighted by molar-refractivity contribution is 5.78. The van der Waals surface area contributed by atoms with E-state index in [9.17, 15) is 4.79 Å². The van der Waals surface area contributed by atoms with Crippen molar-refractivity contribution in [3.05, 3.63) is 35.4 Å². The summed E-state index contributed by atoms with van der Waals surface area (Å²) in [6, 6.07) is 9.41. The number of hydrogen-bond donors (Lipinski definition) is 2. The summed E-state index contributed by atoms with van der Waals surface area (Å²) in [6.07, 6.45) is 4.25. The summed E-state index contributed by atoms with van der Waals surface area (Å²) in [5.41, 5.74) is 2.70. The Balaban J connectivity index is 1.88. The van der Waals surface area contributed by atoms with Gasteiger partial charge in [0.1, 0.15) is 0 Å². The summed E-state index contributed by atoms with van der Waals surface area (Å²) < 4.78 is 0. The minimum absolute atomic E-state index is 0.152. The predicted octanol–water partition coefficient (Wildman–Crippen LogP) is 2.57. The number of aryl methyl sites for hydroxylation is 1. The van der Waals surface area contributed by atoms with Gasteiger partial charge in [-0.25, -0.2) is 0 Å². The standard InChI is InChI=1S/C16H24N2O/c1-3-4-5-13-6-8-14(9-7-13)12(2)18-15-10-16(19)17-11-15/h6-9,12,15,18H,3-5,10-11H2,1-2H3,(H,17,19). The Labute approximate surface area is 115 Å². The van der Waals surface area contributed by atoms with Crippen LogP contribution >= 0.6 is 0 Å². The second kappa shape index (κ2) is 6.71. The van der Waals surface area contributed by atoms with Crippen molar-refractivity contribution in [2.24, 2.45) is 0 Å². The van der Waals surface area contributed by atoms with Crippen LogP contribution in [-0.2, 0) is 11.2 Å². The Kier molecular flexibility index (Phi) is 4.97. The normalized spacial score (nSPS) is 20.3. The van der Waals surface area contributed by atoms with Crippen LogP contribution in [0.2, 0.25) is 0 Å². The first-order chi connectivity index (χ1) is 9.19. The first-order valence-corrected chi connectivity index (χ1v) is 7.30. The Morgan fingerprint density at radius 2 is 2.11 bits per heavy atom. The van der Waals surface area contributed by atoms with Crippen LogP contribution in [0.5, 0.6) is 0 Å². The van der Waals surface area contributed by atoms with Crippen molar-refractivity contribution in [1.29, 1.82) is 0 Å². The van der Waals surface area contributed by atoms with E-state index in [0.29, 0.717) is 6.42 Å². The molecule has 19 heavy (non-hydrogen) atoms. The number of carbonyl (C=O) groups excluding carboxylic acids is 1. The largest absolute Gasteiger partial charge is 0.354 e. The van der Waals surface area contributed by atoms with E-state index in [-0.39, 0.29) is 18.0 Å². The van der Waals surface area contributed by atoms with Crippen LogP contribution in [0.3, 0.4) is 0 Å². The molecule has 3 heteroatoms. The second-order valence-corrected chi connectivity index (χ2v) is 5.44. The molecule has 0 saturated carbocycles. The lowest BCUT2D eigenvalue weighted by atomic mass is 10.0. The highest BCUT2D eigenvalue weighted by atomic mass is 16.1. The summed E-state index contributed by atoms with van der Waals surface area (Å²) in [5.74, 6) is 0.152. The molecule has 0 bridgehead atoms. The lowest BCUT2D eigenvalue weighted by Crippen LogP contribution is -2.33. The average molecular weight is 260 g/mol. The third-order valence-electron chi connectivity index (χ3n) is 3.76. The molecule has 1 aliphatic heterocycles. The lowest BCUT2D eigenvalue weighted by molar-refractivity contribution is -0.119. The van der Waals surface area contributed by atoms with Crippen molar-refractivity contribution in [2.75, 3.05) is 6.54 Å². The molecule has 1 saturated heterocycles. The molecule has 0 radical (unpaired) electrons. The number of benzene rings is 1. The van der Waals surface area contributed by atoms with E-state index in [4.69, 9.17) is 0 Å². The minimum atomic E-state index is 0.152. The van der Waals surface area contributed by atoms with Gasteiger partial charge in [-0.3, -0.25) is 4.79 Å². The van der Waals surface area contributed by atoms with Gasteiger partial charge in [0.05, 0.1) is 0 Å². The summed E-state index contributed by atoms with van der Waals surface area (Å²) in [7, 11) is 0. The third kappa shape index (κ3) is 4.06. The van der Waals surface area contributed by atoms with Gasteiger partial charge < -0.3 is 10.6 Å². The van der Waals surface area contributed by atoms with Gasteiger partial charge in [0.25, 0.3) is 0 Å². The highest BCUT2D eigenvalue weighted by Gasteiger charge is 2.22. The second-order valence-electron chi connectivity index (χ2n) is 5.44. The molecule has 2 rings (SSSR count). The van der Waals surface area contributed by atoms with Crippen LogP contribution in [0, 0.1) is 0 Å². The van der Waals surface area contributed by atoms with E-state index in [1.165, 1.54) is 30.4 Å². The summed E-state index contributed by atoms with van der Waals surface area (Å²) in [5, 5.41) is 6.36. The number of hydrogen-bond acceptors (Lipinski definition) is 2.